The molecular formula is C29H33F3N6O2. The molecule has 0 unspecified atom stereocenters. The van der Waals surface area contributed by atoms with E-state index in [-0.39, 0.29) is 36.3 Å². The number of rotatable bonds is 6. The number of benzene rings is 1. The van der Waals surface area contributed by atoms with Gasteiger partial charge in [-0.05, 0) is 62.8 Å². The Kier molecular flexibility index (Phi) is 6.62. The van der Waals surface area contributed by atoms with Crippen molar-refractivity contribution < 1.29 is 22.7 Å². The summed E-state index contributed by atoms with van der Waals surface area (Å²) < 4.78 is 49.0. The van der Waals surface area contributed by atoms with Crippen molar-refractivity contribution in [1.29, 1.82) is 0 Å². The van der Waals surface area contributed by atoms with Crippen LogP contribution >= 0.6 is 0 Å². The highest BCUT2D eigenvalue weighted by Gasteiger charge is 2.44. The van der Waals surface area contributed by atoms with Gasteiger partial charge in [-0.2, -0.15) is 18.3 Å². The molecule has 3 aliphatic rings. The van der Waals surface area contributed by atoms with Crippen LogP contribution in [-0.2, 0) is 12.7 Å². The van der Waals surface area contributed by atoms with Crippen molar-refractivity contribution in [3.05, 3.63) is 65.0 Å². The average Bonchev–Trinajstić information content (AvgIpc) is 3.69. The van der Waals surface area contributed by atoms with Crippen molar-refractivity contribution in [3.8, 4) is 5.88 Å². The number of hydrogen-bond acceptors (Lipinski definition) is 5. The van der Waals surface area contributed by atoms with E-state index in [0.717, 1.165) is 35.7 Å². The fourth-order valence-corrected chi connectivity index (χ4v) is 6.12. The minimum atomic E-state index is -4.52. The number of anilines is 2. The number of pyridine rings is 1. The molecule has 1 saturated heterocycles. The maximum Gasteiger partial charge on any atom is 0.416 e. The second kappa shape index (κ2) is 10.0. The van der Waals surface area contributed by atoms with Crippen molar-refractivity contribution in [2.75, 3.05) is 30.0 Å². The molecule has 2 fully saturated rings. The van der Waals surface area contributed by atoms with Gasteiger partial charge in [-0.1, -0.05) is 18.2 Å². The van der Waals surface area contributed by atoms with Gasteiger partial charge in [0.15, 0.2) is 5.82 Å². The highest BCUT2D eigenvalue weighted by molar-refractivity contribution is 5.94. The lowest BCUT2D eigenvalue weighted by Gasteiger charge is -2.46. The SMILES string of the molecule is COc1nccc(C)c1N1CCC(N2C(=O)N(Cc3ccccc3C(F)(F)F)c3nn(C4CC4)cc3[C@@H]2C)CC1. The van der Waals surface area contributed by atoms with Gasteiger partial charge in [0.25, 0.3) is 0 Å². The number of halogens is 3. The van der Waals surface area contributed by atoms with E-state index in [4.69, 9.17) is 9.84 Å². The van der Waals surface area contributed by atoms with Gasteiger partial charge in [-0.15, -0.1) is 0 Å². The Balaban J connectivity index is 1.30. The van der Waals surface area contributed by atoms with Crippen LogP contribution in [0.3, 0.4) is 0 Å². The fourth-order valence-electron chi connectivity index (χ4n) is 6.12. The molecule has 1 saturated carbocycles. The summed E-state index contributed by atoms with van der Waals surface area (Å²) in [4.78, 5) is 24.1. The first-order chi connectivity index (χ1) is 19.2. The predicted octanol–water partition coefficient (Wildman–Crippen LogP) is 6.12. The van der Waals surface area contributed by atoms with Crippen LogP contribution in [0.2, 0.25) is 0 Å². The number of nitrogens with zero attached hydrogens (tertiary/aromatic N) is 6. The molecule has 0 bridgehead atoms. The summed E-state index contributed by atoms with van der Waals surface area (Å²) in [7, 11) is 1.61. The number of methoxy groups -OCH3 is 1. The van der Waals surface area contributed by atoms with E-state index in [1.807, 2.05) is 35.7 Å². The monoisotopic (exact) mass is 554 g/mol. The summed E-state index contributed by atoms with van der Waals surface area (Å²) in [5.41, 5.74) is 2.23. The average molecular weight is 555 g/mol. The van der Waals surface area contributed by atoms with E-state index in [1.165, 1.54) is 17.0 Å². The lowest BCUT2D eigenvalue weighted by molar-refractivity contribution is -0.138. The van der Waals surface area contributed by atoms with E-state index in [9.17, 15) is 18.0 Å². The van der Waals surface area contributed by atoms with Crippen LogP contribution in [-0.4, -0.2) is 51.9 Å². The van der Waals surface area contributed by atoms with Crippen molar-refractivity contribution in [1.82, 2.24) is 19.7 Å². The molecule has 4 heterocycles. The van der Waals surface area contributed by atoms with Crippen molar-refractivity contribution in [3.63, 3.8) is 0 Å². The maximum atomic E-state index is 14.1. The third kappa shape index (κ3) is 4.65. The Labute approximate surface area is 231 Å². The molecule has 2 aromatic heterocycles. The number of hydrogen-bond donors (Lipinski definition) is 0. The summed E-state index contributed by atoms with van der Waals surface area (Å²) in [5, 5.41) is 4.73. The Morgan fingerprint density at radius 1 is 1.05 bits per heavy atom. The summed E-state index contributed by atoms with van der Waals surface area (Å²) in [6.45, 7) is 5.23. The fraction of sp³-hybridized carbons (Fsp3) is 0.483. The molecule has 2 amide bonds. The van der Waals surface area contributed by atoms with E-state index >= 15 is 0 Å². The quantitative estimate of drug-likeness (QED) is 0.367. The van der Waals surface area contributed by atoms with Crippen LogP contribution in [0.5, 0.6) is 5.88 Å². The Morgan fingerprint density at radius 2 is 1.77 bits per heavy atom. The molecule has 1 aromatic carbocycles. The maximum absolute atomic E-state index is 14.1. The molecule has 0 N–H and O–H groups in total. The molecule has 8 nitrogen and oxygen atoms in total. The van der Waals surface area contributed by atoms with Crippen LogP contribution in [0.15, 0.2) is 42.7 Å². The van der Waals surface area contributed by atoms with E-state index in [2.05, 4.69) is 9.88 Å². The van der Waals surface area contributed by atoms with E-state index in [1.54, 1.807) is 19.4 Å². The van der Waals surface area contributed by atoms with Gasteiger partial charge in [-0.3, -0.25) is 9.58 Å². The van der Waals surface area contributed by atoms with Gasteiger partial charge in [0.05, 0.1) is 31.3 Å². The molecule has 212 valence electrons. The first-order valence-electron chi connectivity index (χ1n) is 13.8. The Morgan fingerprint density at radius 3 is 2.45 bits per heavy atom. The lowest BCUT2D eigenvalue weighted by Crippen LogP contribution is -2.55. The van der Waals surface area contributed by atoms with Gasteiger partial charge in [-0.25, -0.2) is 9.78 Å². The standard InChI is InChI=1S/C29H33F3N6O2/c1-18-10-13-33-27(40-3)25(18)35-14-11-22(12-15-35)38-19(2)23-17-37(21-8-9-21)34-26(23)36(28(38)39)16-20-6-4-5-7-24(20)29(30,31)32/h4-7,10,13,17,19,21-22H,8-9,11-12,14-16H2,1-3H3/t19-/m0/s1. The van der Waals surface area contributed by atoms with Gasteiger partial charge >= 0.3 is 12.2 Å². The normalized spacial score (nSPS) is 20.2. The number of ether oxygens (including phenoxy) is 1. The van der Waals surface area contributed by atoms with Crippen LogP contribution < -0.4 is 14.5 Å². The largest absolute Gasteiger partial charge is 0.480 e. The zero-order valence-electron chi connectivity index (χ0n) is 22.9. The van der Waals surface area contributed by atoms with Gasteiger partial charge < -0.3 is 14.5 Å². The van der Waals surface area contributed by atoms with Gasteiger partial charge in [0.2, 0.25) is 5.88 Å². The lowest BCUT2D eigenvalue weighted by atomic mass is 9.97. The third-order valence-corrected chi connectivity index (χ3v) is 8.35. The number of alkyl halides is 3. The second-order valence-corrected chi connectivity index (χ2v) is 10.9. The minimum absolute atomic E-state index is 0.0544. The molecular weight excluding hydrogens is 521 g/mol. The molecule has 0 spiro atoms. The number of fused-ring (bicyclic) bond motifs is 1. The van der Waals surface area contributed by atoms with Crippen LogP contribution in [0.1, 0.15) is 66.9 Å². The molecule has 1 aliphatic carbocycles. The molecule has 40 heavy (non-hydrogen) atoms. The molecule has 6 rings (SSSR count). The zero-order valence-corrected chi connectivity index (χ0v) is 22.9. The highest BCUT2D eigenvalue weighted by atomic mass is 19.4. The number of carbonyl (C=O) groups is 1. The van der Waals surface area contributed by atoms with Crippen molar-refractivity contribution >= 4 is 17.5 Å². The first-order valence-corrected chi connectivity index (χ1v) is 13.8. The number of aromatic nitrogens is 3. The molecule has 1 atom stereocenters. The molecule has 2 aliphatic heterocycles. The van der Waals surface area contributed by atoms with Gasteiger partial charge in [0.1, 0.15) is 5.69 Å². The second-order valence-electron chi connectivity index (χ2n) is 10.9. The van der Waals surface area contributed by atoms with E-state index < -0.39 is 11.7 Å². The number of urea groups is 1. The smallest absolute Gasteiger partial charge is 0.416 e. The minimum Gasteiger partial charge on any atom is -0.480 e. The topological polar surface area (TPSA) is 66.7 Å². The zero-order chi connectivity index (χ0) is 28.2. The first kappa shape index (κ1) is 26.5. The third-order valence-electron chi connectivity index (χ3n) is 8.35. The van der Waals surface area contributed by atoms with Crippen LogP contribution in [0.25, 0.3) is 0 Å². The van der Waals surface area contributed by atoms with Gasteiger partial charge in [0, 0.05) is 37.1 Å². The number of amides is 2. The summed E-state index contributed by atoms with van der Waals surface area (Å²) in [6.07, 6.45) is 2.65. The highest BCUT2D eigenvalue weighted by Crippen LogP contribution is 2.44. The van der Waals surface area contributed by atoms with E-state index in [0.29, 0.717) is 37.6 Å². The molecule has 11 heteroatoms. The Hall–Kier alpha value is -3.76. The number of carbonyl (C=O) groups excluding carboxylic acids is 1. The summed E-state index contributed by atoms with van der Waals surface area (Å²) in [6, 6.07) is 7.09. The van der Waals surface area contributed by atoms with Crippen molar-refractivity contribution in [2.24, 2.45) is 0 Å². The number of piperidine rings is 1. The molecule has 0 radical (unpaired) electrons. The Bertz CT molecular complexity index is 1410. The predicted molar refractivity (Wildman–Crippen MR) is 145 cm³/mol. The molecule has 3 aromatic rings. The summed E-state index contributed by atoms with van der Waals surface area (Å²) >= 11 is 0. The van der Waals surface area contributed by atoms with Crippen LogP contribution in [0.4, 0.5) is 29.5 Å². The summed E-state index contributed by atoms with van der Waals surface area (Å²) in [5.74, 6) is 1.04. The number of aryl methyl sites for hydroxylation is 1. The van der Waals surface area contributed by atoms with Crippen LogP contribution in [0, 0.1) is 6.92 Å². The van der Waals surface area contributed by atoms with Crippen molar-refractivity contribution in [2.45, 2.75) is 70.4 Å².